The zero-order valence-corrected chi connectivity index (χ0v) is 15.5. The third-order valence-electron chi connectivity index (χ3n) is 3.88. The minimum atomic E-state index is -0.0896. The Hall–Kier alpha value is -2.70. The summed E-state index contributed by atoms with van der Waals surface area (Å²) in [4.78, 5) is 20.5. The van der Waals surface area contributed by atoms with Gasteiger partial charge in [-0.25, -0.2) is 4.98 Å². The van der Waals surface area contributed by atoms with Gasteiger partial charge in [0, 0.05) is 15.8 Å². The fourth-order valence-electron chi connectivity index (χ4n) is 2.63. The van der Waals surface area contributed by atoms with Crippen LogP contribution in [0.2, 0.25) is 0 Å². The molecule has 0 radical (unpaired) electrons. The van der Waals surface area contributed by atoms with Crippen LogP contribution in [-0.2, 0) is 13.1 Å². The summed E-state index contributed by atoms with van der Waals surface area (Å²) in [5.41, 5.74) is 1.49. The smallest absolute Gasteiger partial charge is 0.274 e. The summed E-state index contributed by atoms with van der Waals surface area (Å²) in [5.74, 6) is 0.668. The predicted octanol–water partition coefficient (Wildman–Crippen LogP) is 5.31. The topological polar surface area (TPSA) is 46.3 Å². The summed E-state index contributed by atoms with van der Waals surface area (Å²) >= 11 is 3.12. The first-order valence-electron chi connectivity index (χ1n) is 8.14. The Balaban J connectivity index is 1.58. The van der Waals surface area contributed by atoms with Crippen LogP contribution in [0.25, 0.3) is 10.6 Å². The summed E-state index contributed by atoms with van der Waals surface area (Å²) in [6, 6.07) is 17.6. The highest BCUT2D eigenvalue weighted by atomic mass is 32.1. The van der Waals surface area contributed by atoms with E-state index in [0.717, 1.165) is 21.2 Å². The SMILES string of the molecule is O=C(c1csc(-c2ccccc2)n1)N(Cc1ccco1)Cc1cccs1. The number of benzene rings is 1. The molecule has 0 saturated carbocycles. The molecule has 3 heterocycles. The zero-order chi connectivity index (χ0) is 17.8. The molecule has 4 nitrogen and oxygen atoms in total. The van der Waals surface area contributed by atoms with Crippen LogP contribution in [0.3, 0.4) is 0 Å². The van der Waals surface area contributed by atoms with Crippen LogP contribution in [0.5, 0.6) is 0 Å². The fourth-order valence-corrected chi connectivity index (χ4v) is 4.15. The number of amides is 1. The van der Waals surface area contributed by atoms with Crippen LogP contribution in [0.15, 0.2) is 76.0 Å². The van der Waals surface area contributed by atoms with Gasteiger partial charge in [-0.05, 0) is 23.6 Å². The third-order valence-corrected chi connectivity index (χ3v) is 5.64. The second kappa shape index (κ2) is 7.68. The molecular formula is C20H16N2O2S2. The number of hydrogen-bond acceptors (Lipinski definition) is 5. The number of thiazole rings is 1. The summed E-state index contributed by atoms with van der Waals surface area (Å²) in [6.45, 7) is 0.956. The average Bonchev–Trinajstić information content (AvgIpc) is 3.44. The van der Waals surface area contributed by atoms with Crippen LogP contribution in [0.4, 0.5) is 0 Å². The van der Waals surface area contributed by atoms with Crippen molar-refractivity contribution in [2.24, 2.45) is 0 Å². The van der Waals surface area contributed by atoms with Gasteiger partial charge in [-0.15, -0.1) is 22.7 Å². The second-order valence-corrected chi connectivity index (χ2v) is 7.61. The van der Waals surface area contributed by atoms with Gasteiger partial charge in [0.1, 0.15) is 16.5 Å². The number of carbonyl (C=O) groups is 1. The molecule has 1 aromatic carbocycles. The van der Waals surface area contributed by atoms with E-state index in [4.69, 9.17) is 4.42 Å². The Morgan fingerprint density at radius 3 is 2.62 bits per heavy atom. The summed E-state index contributed by atoms with van der Waals surface area (Å²) in [6.07, 6.45) is 1.62. The molecule has 0 aliphatic rings. The highest BCUT2D eigenvalue weighted by molar-refractivity contribution is 7.13. The van der Waals surface area contributed by atoms with Crippen molar-refractivity contribution in [2.45, 2.75) is 13.1 Å². The Kier molecular flexibility index (Phi) is 4.95. The van der Waals surface area contributed by atoms with Crippen LogP contribution < -0.4 is 0 Å². The van der Waals surface area contributed by atoms with E-state index >= 15 is 0 Å². The maximum absolute atomic E-state index is 13.1. The van der Waals surface area contributed by atoms with E-state index in [1.807, 2.05) is 65.4 Å². The van der Waals surface area contributed by atoms with Gasteiger partial charge in [-0.2, -0.15) is 0 Å². The Morgan fingerprint density at radius 2 is 1.88 bits per heavy atom. The maximum atomic E-state index is 13.1. The van der Waals surface area contributed by atoms with Crippen molar-refractivity contribution < 1.29 is 9.21 Å². The van der Waals surface area contributed by atoms with Crippen LogP contribution in [0, 0.1) is 0 Å². The molecule has 3 aromatic heterocycles. The van der Waals surface area contributed by atoms with E-state index in [1.54, 1.807) is 22.5 Å². The molecule has 0 unspecified atom stereocenters. The lowest BCUT2D eigenvalue weighted by Crippen LogP contribution is -2.30. The molecule has 0 bridgehead atoms. The molecule has 130 valence electrons. The summed E-state index contributed by atoms with van der Waals surface area (Å²) < 4.78 is 5.44. The monoisotopic (exact) mass is 380 g/mol. The van der Waals surface area contributed by atoms with Gasteiger partial charge in [0.05, 0.1) is 19.4 Å². The molecule has 4 aromatic rings. The highest BCUT2D eigenvalue weighted by Gasteiger charge is 2.21. The molecule has 0 N–H and O–H groups in total. The number of nitrogens with zero attached hydrogens (tertiary/aromatic N) is 2. The van der Waals surface area contributed by atoms with Crippen molar-refractivity contribution >= 4 is 28.6 Å². The first-order chi connectivity index (χ1) is 12.8. The third kappa shape index (κ3) is 3.76. The predicted molar refractivity (Wildman–Crippen MR) is 104 cm³/mol. The molecule has 0 fully saturated rings. The second-order valence-electron chi connectivity index (χ2n) is 5.72. The largest absolute Gasteiger partial charge is 0.467 e. The van der Waals surface area contributed by atoms with Gasteiger partial charge in [0.2, 0.25) is 0 Å². The van der Waals surface area contributed by atoms with Crippen LogP contribution >= 0.6 is 22.7 Å². The van der Waals surface area contributed by atoms with E-state index in [2.05, 4.69) is 4.98 Å². The maximum Gasteiger partial charge on any atom is 0.274 e. The molecule has 0 saturated heterocycles. The molecule has 0 spiro atoms. The molecule has 0 aliphatic heterocycles. The highest BCUT2D eigenvalue weighted by Crippen LogP contribution is 2.25. The molecular weight excluding hydrogens is 364 g/mol. The van der Waals surface area contributed by atoms with E-state index in [9.17, 15) is 4.79 Å². The van der Waals surface area contributed by atoms with Crippen molar-refractivity contribution in [2.75, 3.05) is 0 Å². The Bertz CT molecular complexity index is 924. The number of thiophene rings is 1. The van der Waals surface area contributed by atoms with Crippen molar-refractivity contribution in [3.05, 3.63) is 88.0 Å². The van der Waals surface area contributed by atoms with E-state index < -0.39 is 0 Å². The van der Waals surface area contributed by atoms with E-state index in [-0.39, 0.29) is 5.91 Å². The fraction of sp³-hybridized carbons (Fsp3) is 0.100. The van der Waals surface area contributed by atoms with Crippen LogP contribution in [0.1, 0.15) is 21.1 Å². The quantitative estimate of drug-likeness (QED) is 0.455. The lowest BCUT2D eigenvalue weighted by Gasteiger charge is -2.20. The first kappa shape index (κ1) is 16.8. The molecule has 0 aliphatic carbocycles. The number of carbonyl (C=O) groups excluding carboxylic acids is 1. The zero-order valence-electron chi connectivity index (χ0n) is 13.9. The van der Waals surface area contributed by atoms with Gasteiger partial charge >= 0.3 is 0 Å². The number of aromatic nitrogens is 1. The van der Waals surface area contributed by atoms with Gasteiger partial charge in [0.15, 0.2) is 0 Å². The average molecular weight is 380 g/mol. The lowest BCUT2D eigenvalue weighted by molar-refractivity contribution is 0.0714. The minimum absolute atomic E-state index is 0.0896. The molecule has 6 heteroatoms. The van der Waals surface area contributed by atoms with Crippen molar-refractivity contribution in [3.63, 3.8) is 0 Å². The van der Waals surface area contributed by atoms with Gasteiger partial charge in [-0.3, -0.25) is 4.79 Å². The van der Waals surface area contributed by atoms with Crippen molar-refractivity contribution in [1.29, 1.82) is 0 Å². The number of hydrogen-bond donors (Lipinski definition) is 0. The number of furan rings is 1. The van der Waals surface area contributed by atoms with Crippen molar-refractivity contribution in [1.82, 2.24) is 9.88 Å². The number of rotatable bonds is 6. The molecule has 0 atom stereocenters. The molecule has 26 heavy (non-hydrogen) atoms. The lowest BCUT2D eigenvalue weighted by atomic mass is 10.2. The van der Waals surface area contributed by atoms with Gasteiger partial charge in [-0.1, -0.05) is 36.4 Å². The first-order valence-corrected chi connectivity index (χ1v) is 9.90. The van der Waals surface area contributed by atoms with Gasteiger partial charge in [0.25, 0.3) is 5.91 Å². The van der Waals surface area contributed by atoms with E-state index in [0.29, 0.717) is 18.8 Å². The Labute approximate surface area is 159 Å². The standard InChI is InChI=1S/C20H16N2O2S2/c23-20(18-14-26-19(21-18)15-6-2-1-3-7-15)22(12-16-8-4-10-24-16)13-17-9-5-11-25-17/h1-11,14H,12-13H2. The van der Waals surface area contributed by atoms with Crippen LogP contribution in [-0.4, -0.2) is 15.8 Å². The summed E-state index contributed by atoms with van der Waals surface area (Å²) in [5, 5.41) is 4.69. The normalized spacial score (nSPS) is 10.8. The van der Waals surface area contributed by atoms with Crippen molar-refractivity contribution in [3.8, 4) is 10.6 Å². The summed E-state index contributed by atoms with van der Waals surface area (Å²) in [7, 11) is 0. The molecule has 4 rings (SSSR count). The van der Waals surface area contributed by atoms with E-state index in [1.165, 1.54) is 11.3 Å². The minimum Gasteiger partial charge on any atom is -0.467 e. The Morgan fingerprint density at radius 1 is 1.00 bits per heavy atom. The van der Waals surface area contributed by atoms with Gasteiger partial charge < -0.3 is 9.32 Å². The molecule has 1 amide bonds.